The van der Waals surface area contributed by atoms with Crippen LogP contribution in [-0.4, -0.2) is 58.4 Å². The lowest BCUT2D eigenvalue weighted by Crippen LogP contribution is -2.29. The van der Waals surface area contributed by atoms with Crippen molar-refractivity contribution in [1.29, 1.82) is 0 Å². The Morgan fingerprint density at radius 2 is 1.10 bits per heavy atom. The third kappa shape index (κ3) is 9.41. The molecule has 7 nitrogen and oxygen atoms in total. The van der Waals surface area contributed by atoms with Crippen LogP contribution in [0, 0.1) is 11.6 Å². The Balaban J connectivity index is 0.000000261. The molecule has 10 heteroatoms. The number of rotatable bonds is 9. The fourth-order valence-electron chi connectivity index (χ4n) is 5.48. The molecule has 0 radical (unpaired) electrons. The Bertz CT molecular complexity index is 1710. The predicted molar refractivity (Wildman–Crippen MR) is 188 cm³/mol. The zero-order valence-electron chi connectivity index (χ0n) is 26.9. The first-order valence-electron chi connectivity index (χ1n) is 15.1. The minimum absolute atomic E-state index is 0. The lowest BCUT2D eigenvalue weighted by molar-refractivity contribution is 0.0591. The highest BCUT2D eigenvalue weighted by molar-refractivity contribution is 9.08. The number of hydrogen-bond acceptors (Lipinski definition) is 7. The van der Waals surface area contributed by atoms with Gasteiger partial charge in [0.1, 0.15) is 23.1 Å². The zero-order chi connectivity index (χ0) is 33.9. The molecule has 0 atom stereocenters. The average Bonchev–Trinajstić information content (AvgIpc) is 3.12. The van der Waals surface area contributed by atoms with Gasteiger partial charge in [-0.15, -0.1) is 0 Å². The van der Waals surface area contributed by atoms with Gasteiger partial charge in [0.05, 0.1) is 39.6 Å². The SMILES string of the molecule is C.COC(=O)c1ccc(-c2cc(OC)ccc2F)c(CBr)c1.COC(=O)c1ccc(-c2cc(OC)ccc2F)c(CN2CCCCC2)c1. The van der Waals surface area contributed by atoms with E-state index in [-0.39, 0.29) is 25.0 Å². The van der Waals surface area contributed by atoms with Crippen molar-refractivity contribution in [1.82, 2.24) is 4.90 Å². The van der Waals surface area contributed by atoms with Crippen molar-refractivity contribution in [2.45, 2.75) is 38.6 Å². The van der Waals surface area contributed by atoms with E-state index in [4.69, 9.17) is 18.9 Å². The maximum Gasteiger partial charge on any atom is 0.337 e. The van der Waals surface area contributed by atoms with Gasteiger partial charge in [-0.3, -0.25) is 4.90 Å². The molecule has 0 aliphatic carbocycles. The summed E-state index contributed by atoms with van der Waals surface area (Å²) >= 11 is 3.37. The molecular weight excluding hydrogens is 684 g/mol. The number of esters is 2. The number of likely N-dealkylation sites (tertiary alicyclic amines) is 1. The molecule has 0 bridgehead atoms. The smallest absolute Gasteiger partial charge is 0.337 e. The van der Waals surface area contributed by atoms with Crippen LogP contribution < -0.4 is 9.47 Å². The number of benzene rings is 4. The summed E-state index contributed by atoms with van der Waals surface area (Å²) in [5, 5.41) is 0.490. The summed E-state index contributed by atoms with van der Waals surface area (Å²) in [6.07, 6.45) is 3.58. The molecule has 0 spiro atoms. The first-order chi connectivity index (χ1) is 22.7. The summed E-state index contributed by atoms with van der Waals surface area (Å²) < 4.78 is 48.5. The largest absolute Gasteiger partial charge is 0.497 e. The van der Waals surface area contributed by atoms with Crippen molar-refractivity contribution < 1.29 is 37.3 Å². The fraction of sp³-hybridized carbons (Fsp3) is 0.316. The van der Waals surface area contributed by atoms with Gasteiger partial charge in [0.15, 0.2) is 0 Å². The highest BCUT2D eigenvalue weighted by Crippen LogP contribution is 2.33. The Labute approximate surface area is 289 Å². The van der Waals surface area contributed by atoms with Crippen LogP contribution >= 0.6 is 15.9 Å². The quantitative estimate of drug-likeness (QED) is 0.126. The van der Waals surface area contributed by atoms with E-state index in [1.165, 1.54) is 52.7 Å². The van der Waals surface area contributed by atoms with Gasteiger partial charge in [0, 0.05) is 23.0 Å². The standard InChI is InChI=1S/C21H24FNO3.C16H14BrFO3.CH4/c1-25-17-7-9-20(22)19(13-17)18-8-6-15(21(24)26-2)12-16(18)14-23-10-4-3-5-11-23;1-20-12-4-6-15(18)14(8-12)13-5-3-10(16(19)21-2)7-11(13)9-17;/h6-9,12-13H,3-5,10-11,14H2,1-2H3;3-8H,9H2,1-2H3;1H4. The number of methoxy groups -OCH3 is 4. The molecule has 0 aromatic heterocycles. The lowest BCUT2D eigenvalue weighted by atomic mass is 9.96. The Morgan fingerprint density at radius 1 is 0.646 bits per heavy atom. The van der Waals surface area contributed by atoms with Gasteiger partial charge in [-0.25, -0.2) is 18.4 Å². The molecule has 0 saturated carbocycles. The summed E-state index contributed by atoms with van der Waals surface area (Å²) in [6, 6.07) is 19.6. The van der Waals surface area contributed by atoms with Crippen LogP contribution in [0.1, 0.15) is 58.5 Å². The summed E-state index contributed by atoms with van der Waals surface area (Å²) in [5.41, 5.74) is 5.01. The van der Waals surface area contributed by atoms with Crippen molar-refractivity contribution in [2.75, 3.05) is 41.5 Å². The van der Waals surface area contributed by atoms with Crippen LogP contribution in [-0.2, 0) is 21.3 Å². The number of hydrogen-bond donors (Lipinski definition) is 0. The third-order valence-electron chi connectivity index (χ3n) is 7.97. The summed E-state index contributed by atoms with van der Waals surface area (Å²) in [5.74, 6) is -0.288. The average molecular weight is 727 g/mol. The second-order valence-electron chi connectivity index (χ2n) is 10.9. The van der Waals surface area contributed by atoms with Gasteiger partial charge < -0.3 is 18.9 Å². The molecule has 0 amide bonds. The number of ether oxygens (including phenoxy) is 4. The topological polar surface area (TPSA) is 74.3 Å². The third-order valence-corrected chi connectivity index (χ3v) is 8.57. The molecule has 1 aliphatic rings. The van der Waals surface area contributed by atoms with Crippen molar-refractivity contribution in [3.63, 3.8) is 0 Å². The van der Waals surface area contributed by atoms with E-state index < -0.39 is 5.97 Å². The summed E-state index contributed by atoms with van der Waals surface area (Å²) in [6.45, 7) is 2.71. The van der Waals surface area contributed by atoms with Crippen LogP contribution in [0.3, 0.4) is 0 Å². The van der Waals surface area contributed by atoms with Gasteiger partial charge in [0.2, 0.25) is 0 Å². The van der Waals surface area contributed by atoms with E-state index >= 15 is 0 Å². The van der Waals surface area contributed by atoms with E-state index in [0.29, 0.717) is 51.2 Å². The molecule has 1 aliphatic heterocycles. The van der Waals surface area contributed by atoms with Crippen LogP contribution in [0.4, 0.5) is 8.78 Å². The molecule has 4 aromatic rings. The van der Waals surface area contributed by atoms with Crippen molar-refractivity contribution >= 4 is 27.9 Å². The van der Waals surface area contributed by atoms with E-state index in [9.17, 15) is 18.4 Å². The van der Waals surface area contributed by atoms with Crippen LogP contribution in [0.25, 0.3) is 22.3 Å². The van der Waals surface area contributed by atoms with E-state index in [0.717, 1.165) is 29.8 Å². The van der Waals surface area contributed by atoms with Crippen LogP contribution in [0.15, 0.2) is 72.8 Å². The zero-order valence-corrected chi connectivity index (χ0v) is 28.5. The monoisotopic (exact) mass is 725 g/mol. The minimum Gasteiger partial charge on any atom is -0.497 e. The highest BCUT2D eigenvalue weighted by atomic mass is 79.9. The van der Waals surface area contributed by atoms with Crippen LogP contribution in [0.2, 0.25) is 0 Å². The molecule has 1 fully saturated rings. The summed E-state index contributed by atoms with van der Waals surface area (Å²) in [7, 11) is 5.78. The highest BCUT2D eigenvalue weighted by Gasteiger charge is 2.19. The van der Waals surface area contributed by atoms with E-state index in [1.807, 2.05) is 6.07 Å². The molecule has 48 heavy (non-hydrogen) atoms. The molecule has 0 N–H and O–H groups in total. The summed E-state index contributed by atoms with van der Waals surface area (Å²) in [4.78, 5) is 25.9. The second kappa shape index (κ2) is 18.3. The first kappa shape index (κ1) is 38.2. The fourth-order valence-corrected chi connectivity index (χ4v) is 5.94. The molecule has 256 valence electrons. The van der Waals surface area contributed by atoms with Gasteiger partial charge >= 0.3 is 11.9 Å². The predicted octanol–water partition coefficient (Wildman–Crippen LogP) is 9.09. The van der Waals surface area contributed by atoms with Gasteiger partial charge in [-0.1, -0.05) is 41.9 Å². The number of carbonyl (C=O) groups is 2. The molecular formula is C38H42BrF2NO6. The molecule has 0 unspecified atom stereocenters. The Hall–Kier alpha value is -4.28. The van der Waals surface area contributed by atoms with Gasteiger partial charge in [-0.05, 0) is 109 Å². The molecule has 5 rings (SSSR count). The maximum atomic E-state index is 14.5. The number of piperidine rings is 1. The molecule has 1 saturated heterocycles. The normalized spacial score (nSPS) is 12.6. The number of carbonyl (C=O) groups excluding carboxylic acids is 2. The first-order valence-corrected chi connectivity index (χ1v) is 16.2. The van der Waals surface area contributed by atoms with E-state index in [2.05, 4.69) is 20.8 Å². The van der Waals surface area contributed by atoms with Gasteiger partial charge in [0.25, 0.3) is 0 Å². The maximum absolute atomic E-state index is 14.5. The van der Waals surface area contributed by atoms with E-state index in [1.54, 1.807) is 61.7 Å². The van der Waals surface area contributed by atoms with Crippen molar-refractivity contribution in [3.05, 3.63) is 107 Å². The number of halogens is 3. The van der Waals surface area contributed by atoms with Crippen LogP contribution in [0.5, 0.6) is 11.5 Å². The Kier molecular flexibility index (Phi) is 14.6. The molecule has 4 aromatic carbocycles. The number of nitrogens with zero attached hydrogens (tertiary/aromatic N) is 1. The molecule has 1 heterocycles. The minimum atomic E-state index is -0.421. The Morgan fingerprint density at radius 3 is 1.54 bits per heavy atom. The lowest BCUT2D eigenvalue weighted by Gasteiger charge is -2.27. The van der Waals surface area contributed by atoms with Gasteiger partial charge in [-0.2, -0.15) is 0 Å². The number of alkyl halides is 1. The van der Waals surface area contributed by atoms with Crippen molar-refractivity contribution in [2.24, 2.45) is 0 Å². The second-order valence-corrected chi connectivity index (χ2v) is 11.4. The van der Waals surface area contributed by atoms with Crippen molar-refractivity contribution in [3.8, 4) is 33.8 Å².